The largest absolute Gasteiger partial charge is 0.487 e. The number of carbonyl (C=O) groups is 1. The van der Waals surface area contributed by atoms with E-state index in [9.17, 15) is 13.6 Å². The van der Waals surface area contributed by atoms with E-state index in [-0.39, 0.29) is 11.5 Å². The van der Waals surface area contributed by atoms with Crippen LogP contribution < -0.4 is 4.74 Å². The normalized spacial score (nSPS) is 11.2. The summed E-state index contributed by atoms with van der Waals surface area (Å²) < 4.78 is 29.8. The van der Waals surface area contributed by atoms with Crippen molar-refractivity contribution in [1.29, 1.82) is 0 Å². The number of hydrogen-bond acceptors (Lipinski definition) is 2. The minimum Gasteiger partial charge on any atom is -0.487 e. The van der Waals surface area contributed by atoms with Crippen LogP contribution in [-0.4, -0.2) is 18.3 Å². The first-order valence-electron chi connectivity index (χ1n) is 4.50. The van der Waals surface area contributed by atoms with Gasteiger partial charge in [0.25, 0.3) is 5.92 Å². The van der Waals surface area contributed by atoms with Gasteiger partial charge in [-0.05, 0) is 19.1 Å². The van der Waals surface area contributed by atoms with Gasteiger partial charge in [-0.2, -0.15) is 0 Å². The van der Waals surface area contributed by atoms with Crippen LogP contribution in [0.4, 0.5) is 8.78 Å². The zero-order valence-electron chi connectivity index (χ0n) is 8.59. The summed E-state index contributed by atoms with van der Waals surface area (Å²) in [4.78, 5) is 11.0. The van der Waals surface area contributed by atoms with Gasteiger partial charge in [-0.3, -0.25) is 4.79 Å². The second kappa shape index (κ2) is 4.38. The molecule has 1 aromatic rings. The van der Waals surface area contributed by atoms with Gasteiger partial charge < -0.3 is 4.74 Å². The minimum absolute atomic E-state index is 0.122. The molecule has 0 amide bonds. The molecule has 0 unspecified atom stereocenters. The molecule has 0 aliphatic heterocycles. The molecule has 0 saturated heterocycles. The van der Waals surface area contributed by atoms with Crippen molar-refractivity contribution in [3.05, 3.63) is 29.8 Å². The molecular formula is C11H12F2O2. The molecule has 82 valence electrons. The molecule has 0 spiro atoms. The summed E-state index contributed by atoms with van der Waals surface area (Å²) in [5.74, 6) is -2.71. The lowest BCUT2D eigenvalue weighted by Gasteiger charge is -2.12. The SMILES string of the molecule is CC(=O)c1cccc(OCC(C)(F)F)c1. The first-order chi connectivity index (χ1) is 6.88. The van der Waals surface area contributed by atoms with Crippen LogP contribution in [0.2, 0.25) is 0 Å². The van der Waals surface area contributed by atoms with Crippen LogP contribution in [0.25, 0.3) is 0 Å². The second-order valence-electron chi connectivity index (χ2n) is 3.44. The highest BCUT2D eigenvalue weighted by molar-refractivity contribution is 5.94. The number of ether oxygens (including phenoxy) is 1. The van der Waals surface area contributed by atoms with E-state index in [1.165, 1.54) is 19.1 Å². The van der Waals surface area contributed by atoms with E-state index in [2.05, 4.69) is 0 Å². The molecule has 0 fully saturated rings. The van der Waals surface area contributed by atoms with Crippen molar-refractivity contribution in [1.82, 2.24) is 0 Å². The maximum absolute atomic E-state index is 12.5. The molecule has 0 saturated carbocycles. The van der Waals surface area contributed by atoms with Crippen LogP contribution in [-0.2, 0) is 0 Å². The lowest BCUT2D eigenvalue weighted by Crippen LogP contribution is -2.20. The lowest BCUT2D eigenvalue weighted by atomic mass is 10.1. The molecule has 1 rings (SSSR count). The van der Waals surface area contributed by atoms with E-state index in [1.54, 1.807) is 12.1 Å². The average molecular weight is 214 g/mol. The van der Waals surface area contributed by atoms with Gasteiger partial charge in [0.05, 0.1) is 0 Å². The Morgan fingerprint density at radius 2 is 2.13 bits per heavy atom. The average Bonchev–Trinajstić information content (AvgIpc) is 2.14. The Labute approximate surface area is 86.9 Å². The number of Topliss-reactive ketones (excluding diaryl/α,β-unsaturated/α-hetero) is 1. The van der Waals surface area contributed by atoms with Crippen molar-refractivity contribution in [3.8, 4) is 5.75 Å². The molecule has 0 bridgehead atoms. The van der Waals surface area contributed by atoms with Gasteiger partial charge in [-0.1, -0.05) is 12.1 Å². The van der Waals surface area contributed by atoms with Crippen molar-refractivity contribution in [2.24, 2.45) is 0 Å². The summed E-state index contributed by atoms with van der Waals surface area (Å²) >= 11 is 0. The highest BCUT2D eigenvalue weighted by atomic mass is 19.3. The van der Waals surface area contributed by atoms with E-state index in [0.29, 0.717) is 5.56 Å². The Bertz CT molecular complexity index is 356. The van der Waals surface area contributed by atoms with Gasteiger partial charge in [0.2, 0.25) is 0 Å². The first kappa shape index (κ1) is 11.6. The van der Waals surface area contributed by atoms with E-state index < -0.39 is 12.5 Å². The van der Waals surface area contributed by atoms with Crippen LogP contribution in [0.15, 0.2) is 24.3 Å². The predicted molar refractivity (Wildman–Crippen MR) is 52.6 cm³/mol. The van der Waals surface area contributed by atoms with Crippen LogP contribution in [0.1, 0.15) is 24.2 Å². The highest BCUT2D eigenvalue weighted by Crippen LogP contribution is 2.18. The van der Waals surface area contributed by atoms with Gasteiger partial charge in [-0.15, -0.1) is 0 Å². The zero-order valence-corrected chi connectivity index (χ0v) is 8.59. The Hall–Kier alpha value is -1.45. The van der Waals surface area contributed by atoms with Gasteiger partial charge in [0.1, 0.15) is 5.75 Å². The predicted octanol–water partition coefficient (Wildman–Crippen LogP) is 2.92. The molecular weight excluding hydrogens is 202 g/mol. The van der Waals surface area contributed by atoms with E-state index in [1.807, 2.05) is 0 Å². The second-order valence-corrected chi connectivity index (χ2v) is 3.44. The zero-order chi connectivity index (χ0) is 11.5. The molecule has 0 radical (unpaired) electrons. The third-order valence-corrected chi connectivity index (χ3v) is 1.73. The number of ketones is 1. The summed E-state index contributed by atoms with van der Waals surface area (Å²) in [6.45, 7) is 1.50. The van der Waals surface area contributed by atoms with Crippen molar-refractivity contribution in [2.75, 3.05) is 6.61 Å². The quantitative estimate of drug-likeness (QED) is 0.720. The van der Waals surface area contributed by atoms with Gasteiger partial charge in [0.15, 0.2) is 12.4 Å². The molecule has 15 heavy (non-hydrogen) atoms. The number of carbonyl (C=O) groups excluding carboxylic acids is 1. The molecule has 1 aromatic carbocycles. The molecule has 0 aromatic heterocycles. The Kier molecular flexibility index (Phi) is 3.39. The highest BCUT2D eigenvalue weighted by Gasteiger charge is 2.22. The Morgan fingerprint density at radius 3 is 2.67 bits per heavy atom. The van der Waals surface area contributed by atoms with Crippen LogP contribution >= 0.6 is 0 Å². The van der Waals surface area contributed by atoms with Crippen molar-refractivity contribution in [3.63, 3.8) is 0 Å². The fourth-order valence-electron chi connectivity index (χ4n) is 1.01. The fraction of sp³-hybridized carbons (Fsp3) is 0.364. The smallest absolute Gasteiger partial charge is 0.278 e. The monoisotopic (exact) mass is 214 g/mol. The first-order valence-corrected chi connectivity index (χ1v) is 4.50. The third-order valence-electron chi connectivity index (χ3n) is 1.73. The minimum atomic E-state index is -2.87. The van der Waals surface area contributed by atoms with E-state index in [0.717, 1.165) is 6.92 Å². The topological polar surface area (TPSA) is 26.3 Å². The van der Waals surface area contributed by atoms with Crippen LogP contribution in [0.3, 0.4) is 0 Å². The Balaban J connectivity index is 2.70. The summed E-state index contributed by atoms with van der Waals surface area (Å²) in [5, 5.41) is 0. The molecule has 0 aliphatic rings. The summed E-state index contributed by atoms with van der Waals surface area (Å²) in [6, 6.07) is 6.20. The van der Waals surface area contributed by atoms with Gasteiger partial charge >= 0.3 is 0 Å². The maximum Gasteiger partial charge on any atom is 0.278 e. The number of hydrogen-bond donors (Lipinski definition) is 0. The summed E-state index contributed by atoms with van der Waals surface area (Å²) in [6.07, 6.45) is 0. The van der Waals surface area contributed by atoms with Crippen molar-refractivity contribution in [2.45, 2.75) is 19.8 Å². The number of rotatable bonds is 4. The molecule has 0 aliphatic carbocycles. The third kappa shape index (κ3) is 4.06. The van der Waals surface area contributed by atoms with E-state index in [4.69, 9.17) is 4.74 Å². The van der Waals surface area contributed by atoms with Gasteiger partial charge in [-0.25, -0.2) is 8.78 Å². The summed E-state index contributed by atoms with van der Waals surface area (Å²) in [7, 11) is 0. The molecule has 4 heteroatoms. The number of halogens is 2. The van der Waals surface area contributed by atoms with Crippen LogP contribution in [0, 0.1) is 0 Å². The Morgan fingerprint density at radius 1 is 1.47 bits per heavy atom. The van der Waals surface area contributed by atoms with Crippen molar-refractivity contribution >= 4 is 5.78 Å². The molecule has 0 N–H and O–H groups in total. The van der Waals surface area contributed by atoms with Gasteiger partial charge in [0, 0.05) is 12.5 Å². The lowest BCUT2D eigenvalue weighted by molar-refractivity contribution is -0.0229. The number of benzene rings is 1. The fourth-order valence-corrected chi connectivity index (χ4v) is 1.01. The standard InChI is InChI=1S/C11H12F2O2/c1-8(14)9-4-3-5-10(6-9)15-7-11(2,12)13/h3-6H,7H2,1-2H3. The molecule has 0 heterocycles. The maximum atomic E-state index is 12.5. The summed E-state index contributed by atoms with van der Waals surface area (Å²) in [5.41, 5.74) is 0.451. The van der Waals surface area contributed by atoms with E-state index >= 15 is 0 Å². The number of alkyl halides is 2. The molecule has 0 atom stereocenters. The van der Waals surface area contributed by atoms with Crippen molar-refractivity contribution < 1.29 is 18.3 Å². The molecule has 2 nitrogen and oxygen atoms in total. The van der Waals surface area contributed by atoms with Crippen LogP contribution in [0.5, 0.6) is 5.75 Å².